The first-order valence-electron chi connectivity index (χ1n) is 9.89. The molecule has 0 saturated heterocycles. The summed E-state index contributed by atoms with van der Waals surface area (Å²) in [6.07, 6.45) is 0. The van der Waals surface area contributed by atoms with Gasteiger partial charge in [0.25, 0.3) is 0 Å². The average molecular weight is 395 g/mol. The molecule has 4 rings (SSSR count). The first-order valence-corrected chi connectivity index (χ1v) is 10.8. The number of likely N-dealkylation sites (N-methyl/N-ethyl adjacent to an activating group) is 1. The number of fused-ring (bicyclic) bond motifs is 5. The quantitative estimate of drug-likeness (QED) is 0.585. The van der Waals surface area contributed by atoms with Gasteiger partial charge < -0.3 is 14.2 Å². The van der Waals surface area contributed by atoms with Crippen molar-refractivity contribution in [1.82, 2.24) is 9.47 Å². The third kappa shape index (κ3) is 2.80. The van der Waals surface area contributed by atoms with Gasteiger partial charge in [0, 0.05) is 46.6 Å². The summed E-state index contributed by atoms with van der Waals surface area (Å²) in [5.74, 6) is 1.00. The van der Waals surface area contributed by atoms with E-state index in [0.29, 0.717) is 0 Å². The van der Waals surface area contributed by atoms with Gasteiger partial charge in [-0.3, -0.25) is 4.79 Å². The molecule has 0 N–H and O–H groups in total. The fourth-order valence-corrected chi connectivity index (χ4v) is 5.51. The highest BCUT2D eigenvalue weighted by molar-refractivity contribution is 8.00. The lowest BCUT2D eigenvalue weighted by Gasteiger charge is -2.29. The van der Waals surface area contributed by atoms with Gasteiger partial charge in [0.2, 0.25) is 5.91 Å². The average Bonchev–Trinajstić information content (AvgIpc) is 3.07. The molecule has 1 amide bonds. The Morgan fingerprint density at radius 1 is 1.14 bits per heavy atom. The fourth-order valence-electron chi connectivity index (χ4n) is 4.20. The standard InChI is InChI=1S/C23H26N2O2S/c1-5-24(6-2)23(26)22-20-17-14-15(27-4)12-13-18(17)25(7-3)21(20)16-10-8-9-11-19(16)28-22/h8-14,22H,5-7H2,1-4H3. The second-order valence-corrected chi connectivity index (χ2v) is 8.04. The monoisotopic (exact) mass is 394 g/mol. The Morgan fingerprint density at radius 3 is 2.57 bits per heavy atom. The van der Waals surface area contributed by atoms with Gasteiger partial charge in [0.05, 0.1) is 12.8 Å². The molecule has 5 heteroatoms. The van der Waals surface area contributed by atoms with Crippen LogP contribution in [0.5, 0.6) is 5.75 Å². The third-order valence-corrected chi connectivity index (χ3v) is 6.86. The minimum atomic E-state index is -0.243. The van der Waals surface area contributed by atoms with Crippen molar-refractivity contribution in [2.45, 2.75) is 37.5 Å². The van der Waals surface area contributed by atoms with E-state index in [1.165, 1.54) is 16.2 Å². The minimum absolute atomic E-state index is 0.184. The molecule has 0 fully saturated rings. The molecule has 28 heavy (non-hydrogen) atoms. The van der Waals surface area contributed by atoms with Gasteiger partial charge in [-0.25, -0.2) is 0 Å². The molecule has 2 aromatic carbocycles. The van der Waals surface area contributed by atoms with Crippen LogP contribution >= 0.6 is 11.8 Å². The molecule has 0 radical (unpaired) electrons. The van der Waals surface area contributed by atoms with E-state index in [-0.39, 0.29) is 11.2 Å². The number of carbonyl (C=O) groups is 1. The fraction of sp³-hybridized carbons (Fsp3) is 0.348. The van der Waals surface area contributed by atoms with Crippen LogP contribution in [0.1, 0.15) is 31.6 Å². The van der Waals surface area contributed by atoms with Crippen LogP contribution in [0.15, 0.2) is 47.4 Å². The lowest BCUT2D eigenvalue weighted by molar-refractivity contribution is -0.130. The summed E-state index contributed by atoms with van der Waals surface area (Å²) >= 11 is 1.67. The van der Waals surface area contributed by atoms with E-state index < -0.39 is 0 Å². The van der Waals surface area contributed by atoms with Crippen LogP contribution in [0.2, 0.25) is 0 Å². The number of amides is 1. The number of hydrogen-bond acceptors (Lipinski definition) is 3. The Hall–Kier alpha value is -2.40. The number of ether oxygens (including phenoxy) is 1. The first-order chi connectivity index (χ1) is 13.6. The van der Waals surface area contributed by atoms with Crippen molar-refractivity contribution in [2.75, 3.05) is 20.2 Å². The summed E-state index contributed by atoms with van der Waals surface area (Å²) in [5.41, 5.74) is 4.66. The Kier molecular flexibility index (Phi) is 5.11. The molecule has 0 aliphatic carbocycles. The first kappa shape index (κ1) is 18.9. The van der Waals surface area contributed by atoms with Crippen molar-refractivity contribution in [3.8, 4) is 17.0 Å². The zero-order chi connectivity index (χ0) is 19.8. The van der Waals surface area contributed by atoms with E-state index in [0.717, 1.165) is 41.9 Å². The Morgan fingerprint density at radius 2 is 1.89 bits per heavy atom. The van der Waals surface area contributed by atoms with Gasteiger partial charge in [-0.05, 0) is 45.0 Å². The number of hydrogen-bond donors (Lipinski definition) is 0. The van der Waals surface area contributed by atoms with Crippen molar-refractivity contribution >= 4 is 28.6 Å². The molecule has 0 saturated carbocycles. The van der Waals surface area contributed by atoms with Gasteiger partial charge in [0.1, 0.15) is 11.0 Å². The van der Waals surface area contributed by atoms with E-state index in [2.05, 4.69) is 47.9 Å². The number of carbonyl (C=O) groups excluding carboxylic acids is 1. The zero-order valence-corrected chi connectivity index (χ0v) is 17.7. The van der Waals surface area contributed by atoms with Gasteiger partial charge in [0.15, 0.2) is 0 Å². The number of benzene rings is 2. The summed E-state index contributed by atoms with van der Waals surface area (Å²) < 4.78 is 7.84. The maximum absolute atomic E-state index is 13.5. The minimum Gasteiger partial charge on any atom is -0.497 e. The van der Waals surface area contributed by atoms with Crippen LogP contribution < -0.4 is 4.74 Å². The third-order valence-electron chi connectivity index (χ3n) is 5.57. The molecular weight excluding hydrogens is 368 g/mol. The predicted molar refractivity (Wildman–Crippen MR) is 116 cm³/mol. The van der Waals surface area contributed by atoms with E-state index in [1.807, 2.05) is 24.8 Å². The van der Waals surface area contributed by atoms with Gasteiger partial charge in [-0.2, -0.15) is 0 Å². The number of thioether (sulfide) groups is 1. The van der Waals surface area contributed by atoms with Crippen molar-refractivity contribution in [3.05, 3.63) is 48.0 Å². The van der Waals surface area contributed by atoms with Crippen molar-refractivity contribution < 1.29 is 9.53 Å². The zero-order valence-electron chi connectivity index (χ0n) is 16.9. The molecule has 0 spiro atoms. The highest BCUT2D eigenvalue weighted by Crippen LogP contribution is 2.53. The molecule has 1 atom stereocenters. The maximum atomic E-state index is 13.5. The lowest BCUT2D eigenvalue weighted by Crippen LogP contribution is -2.34. The van der Waals surface area contributed by atoms with Crippen LogP contribution in [-0.4, -0.2) is 35.6 Å². The number of aryl methyl sites for hydroxylation is 1. The second kappa shape index (κ2) is 7.55. The highest BCUT2D eigenvalue weighted by Gasteiger charge is 2.37. The van der Waals surface area contributed by atoms with E-state index in [1.54, 1.807) is 18.9 Å². The summed E-state index contributed by atoms with van der Waals surface area (Å²) in [5, 5.41) is 0.871. The van der Waals surface area contributed by atoms with Gasteiger partial charge in [-0.15, -0.1) is 11.8 Å². The summed E-state index contributed by atoms with van der Waals surface area (Å²) in [6.45, 7) is 8.54. The van der Waals surface area contributed by atoms with E-state index in [4.69, 9.17) is 4.74 Å². The number of aromatic nitrogens is 1. The molecule has 2 heterocycles. The molecular formula is C23H26N2O2S. The normalized spacial score (nSPS) is 15.2. The summed E-state index contributed by atoms with van der Waals surface area (Å²) in [7, 11) is 1.69. The molecule has 3 aromatic rings. The number of methoxy groups -OCH3 is 1. The Bertz CT molecular complexity index is 1040. The molecule has 1 unspecified atom stereocenters. The largest absolute Gasteiger partial charge is 0.497 e. The number of rotatable bonds is 5. The van der Waals surface area contributed by atoms with Crippen LogP contribution in [0, 0.1) is 0 Å². The van der Waals surface area contributed by atoms with E-state index >= 15 is 0 Å². The van der Waals surface area contributed by atoms with Gasteiger partial charge in [-0.1, -0.05) is 18.2 Å². The Labute approximate surface area is 170 Å². The molecule has 146 valence electrons. The van der Waals surface area contributed by atoms with Crippen molar-refractivity contribution in [1.29, 1.82) is 0 Å². The second-order valence-electron chi connectivity index (χ2n) is 6.89. The summed E-state index contributed by atoms with van der Waals surface area (Å²) in [6, 6.07) is 14.6. The van der Waals surface area contributed by atoms with Crippen molar-refractivity contribution in [3.63, 3.8) is 0 Å². The summed E-state index contributed by atoms with van der Waals surface area (Å²) in [4.78, 5) is 16.6. The predicted octanol–water partition coefficient (Wildman–Crippen LogP) is 5.35. The van der Waals surface area contributed by atoms with Crippen LogP contribution in [0.25, 0.3) is 22.2 Å². The smallest absolute Gasteiger partial charge is 0.240 e. The van der Waals surface area contributed by atoms with Gasteiger partial charge >= 0.3 is 0 Å². The maximum Gasteiger partial charge on any atom is 0.240 e. The van der Waals surface area contributed by atoms with E-state index in [9.17, 15) is 4.79 Å². The molecule has 0 bridgehead atoms. The van der Waals surface area contributed by atoms with Crippen molar-refractivity contribution in [2.24, 2.45) is 0 Å². The van der Waals surface area contributed by atoms with Crippen LogP contribution in [0.3, 0.4) is 0 Å². The Balaban J connectivity index is 2.04. The molecule has 4 nitrogen and oxygen atoms in total. The number of nitrogens with zero attached hydrogens (tertiary/aromatic N) is 2. The lowest BCUT2D eigenvalue weighted by atomic mass is 10.00. The van der Waals surface area contributed by atoms with Crippen LogP contribution in [-0.2, 0) is 11.3 Å². The molecule has 1 aromatic heterocycles. The SMILES string of the molecule is CCN(CC)C(=O)C1Sc2ccccc2-c2c1c1cc(OC)ccc1n2CC. The van der Waals surface area contributed by atoms with Crippen LogP contribution in [0.4, 0.5) is 0 Å². The molecule has 1 aliphatic heterocycles. The topological polar surface area (TPSA) is 34.5 Å². The highest BCUT2D eigenvalue weighted by atomic mass is 32.2. The molecule has 1 aliphatic rings.